The molecule has 0 heterocycles. The van der Waals surface area contributed by atoms with E-state index in [0.717, 1.165) is 0 Å². The number of carbonyl (C=O) groups is 3. The topological polar surface area (TPSA) is 60.4 Å². The van der Waals surface area contributed by atoms with Crippen molar-refractivity contribution in [1.29, 1.82) is 0 Å². The first kappa shape index (κ1) is 31.0. The van der Waals surface area contributed by atoms with Gasteiger partial charge in [0.1, 0.15) is 5.75 Å². The monoisotopic (exact) mass is 634 g/mol. The molecular weight excluding hydrogens is 604 g/mol. The van der Waals surface area contributed by atoms with E-state index in [2.05, 4.69) is 0 Å². The van der Waals surface area contributed by atoms with E-state index in [1.807, 2.05) is 97.1 Å². The van der Waals surface area contributed by atoms with E-state index in [4.69, 9.17) is 4.74 Å². The summed E-state index contributed by atoms with van der Waals surface area (Å²) in [4.78, 5) is 45.1. The van der Waals surface area contributed by atoms with E-state index < -0.39 is 0 Å². The van der Waals surface area contributed by atoms with Gasteiger partial charge in [-0.25, -0.2) is 0 Å². The molecule has 4 nitrogen and oxygen atoms in total. The number of ketones is 3. The zero-order valence-corrected chi connectivity index (χ0v) is 26.5. The maximum Gasteiger partial charge on any atom is 0.197 e. The average Bonchev–Trinajstić information content (AvgIpc) is 3.18. The van der Waals surface area contributed by atoms with E-state index in [1.165, 1.54) is 0 Å². The summed E-state index contributed by atoms with van der Waals surface area (Å²) < 4.78 is 6.74. The van der Waals surface area contributed by atoms with E-state index >= 15 is 14.4 Å². The molecule has 0 saturated carbocycles. The summed E-state index contributed by atoms with van der Waals surface area (Å²) in [6.45, 7) is 0. The molecule has 0 N–H and O–H groups in total. The summed E-state index contributed by atoms with van der Waals surface area (Å²) in [6.07, 6.45) is 0. The van der Waals surface area contributed by atoms with Gasteiger partial charge in [-0.2, -0.15) is 0 Å². The SMILES string of the molecule is O=C(c1ccccc1)c1c(Oc2ccccc2)c(C(=O)c2ccccc2)c(-c2ccccc2)c(C(=O)c2ccccc2)c1-c1ccccc1. The minimum Gasteiger partial charge on any atom is -0.456 e. The fourth-order valence-corrected chi connectivity index (χ4v) is 6.08. The molecule has 0 spiro atoms. The molecule has 0 bridgehead atoms. The molecule has 234 valence electrons. The maximum atomic E-state index is 15.1. The molecule has 0 aliphatic carbocycles. The number of rotatable bonds is 10. The third kappa shape index (κ3) is 6.23. The molecule has 0 unspecified atom stereocenters. The Labute approximate surface area is 284 Å². The molecule has 0 saturated heterocycles. The van der Waals surface area contributed by atoms with Crippen LogP contribution < -0.4 is 4.74 Å². The predicted molar refractivity (Wildman–Crippen MR) is 193 cm³/mol. The molecule has 7 aromatic rings. The third-order valence-electron chi connectivity index (χ3n) is 8.33. The second-order valence-electron chi connectivity index (χ2n) is 11.4. The van der Waals surface area contributed by atoms with E-state index in [1.54, 1.807) is 84.9 Å². The Kier molecular flexibility index (Phi) is 8.85. The Balaban J connectivity index is 1.73. The third-order valence-corrected chi connectivity index (χ3v) is 8.33. The Bertz CT molecular complexity index is 2130. The Hall–Kier alpha value is -6.65. The summed E-state index contributed by atoms with van der Waals surface area (Å²) in [7, 11) is 0. The van der Waals surface area contributed by atoms with Crippen LogP contribution in [0.5, 0.6) is 11.5 Å². The fraction of sp³-hybridized carbons (Fsp3) is 0. The highest BCUT2D eigenvalue weighted by atomic mass is 16.5. The van der Waals surface area contributed by atoms with Gasteiger partial charge in [0, 0.05) is 33.4 Å². The predicted octanol–water partition coefficient (Wildman–Crippen LogP) is 10.5. The van der Waals surface area contributed by atoms with Crippen LogP contribution in [0.1, 0.15) is 47.8 Å². The van der Waals surface area contributed by atoms with Crippen LogP contribution in [-0.4, -0.2) is 17.3 Å². The standard InChI is InChI=1S/C45H30O4/c46-42(33-23-11-3-12-24-33)39-37(31-19-7-1-8-20-31)40(43(47)34-25-13-4-14-26-34)45(49-36-29-17-6-18-30-36)41(38(39)32-21-9-2-10-22-32)44(48)35-27-15-5-16-28-35/h1-30H. The summed E-state index contributed by atoms with van der Waals surface area (Å²) in [5.41, 5.74) is 3.73. The average molecular weight is 635 g/mol. The van der Waals surface area contributed by atoms with Crippen LogP contribution in [0.2, 0.25) is 0 Å². The van der Waals surface area contributed by atoms with Gasteiger partial charge < -0.3 is 4.74 Å². The minimum atomic E-state index is -0.380. The van der Waals surface area contributed by atoms with Crippen molar-refractivity contribution in [2.24, 2.45) is 0 Å². The number of benzene rings is 7. The molecule has 0 amide bonds. The van der Waals surface area contributed by atoms with E-state index in [0.29, 0.717) is 44.7 Å². The molecule has 7 aromatic carbocycles. The molecule has 4 heteroatoms. The molecular formula is C45H30O4. The minimum absolute atomic E-state index is 0.0798. The molecule has 0 fully saturated rings. The second kappa shape index (κ2) is 14.0. The van der Waals surface area contributed by atoms with Crippen molar-refractivity contribution >= 4 is 17.3 Å². The summed E-state index contributed by atoms with van der Waals surface area (Å²) in [5.74, 6) is -0.569. The number of carbonyl (C=O) groups excluding carboxylic acids is 3. The van der Waals surface area contributed by atoms with Gasteiger partial charge in [0.25, 0.3) is 0 Å². The quantitative estimate of drug-likeness (QED) is 0.141. The van der Waals surface area contributed by atoms with Crippen LogP contribution in [-0.2, 0) is 0 Å². The number of hydrogen-bond acceptors (Lipinski definition) is 4. The van der Waals surface area contributed by atoms with Gasteiger partial charge in [0.2, 0.25) is 0 Å². The zero-order chi connectivity index (χ0) is 33.6. The Morgan fingerprint density at radius 3 is 0.959 bits per heavy atom. The van der Waals surface area contributed by atoms with Crippen molar-refractivity contribution in [3.63, 3.8) is 0 Å². The van der Waals surface area contributed by atoms with Crippen molar-refractivity contribution in [3.05, 3.63) is 215 Å². The first-order valence-electron chi connectivity index (χ1n) is 16.0. The smallest absolute Gasteiger partial charge is 0.197 e. The lowest BCUT2D eigenvalue weighted by molar-refractivity contribution is 0.103. The number of hydrogen-bond donors (Lipinski definition) is 0. The van der Waals surface area contributed by atoms with Crippen LogP contribution in [0, 0.1) is 0 Å². The van der Waals surface area contributed by atoms with Crippen LogP contribution in [0.15, 0.2) is 182 Å². The largest absolute Gasteiger partial charge is 0.456 e. The highest BCUT2D eigenvalue weighted by molar-refractivity contribution is 6.28. The first-order chi connectivity index (χ1) is 24.1. The highest BCUT2D eigenvalue weighted by Gasteiger charge is 2.36. The van der Waals surface area contributed by atoms with Crippen molar-refractivity contribution in [2.45, 2.75) is 0 Å². The summed E-state index contributed by atoms with van der Waals surface area (Å²) in [5, 5.41) is 0. The van der Waals surface area contributed by atoms with Crippen LogP contribution in [0.4, 0.5) is 0 Å². The molecule has 0 aliphatic rings. The van der Waals surface area contributed by atoms with Crippen molar-refractivity contribution < 1.29 is 19.1 Å². The lowest BCUT2D eigenvalue weighted by Crippen LogP contribution is -2.18. The Morgan fingerprint density at radius 1 is 0.327 bits per heavy atom. The van der Waals surface area contributed by atoms with Crippen molar-refractivity contribution in [2.75, 3.05) is 0 Å². The van der Waals surface area contributed by atoms with Gasteiger partial charge in [-0.1, -0.05) is 170 Å². The van der Waals surface area contributed by atoms with Gasteiger partial charge in [-0.05, 0) is 23.3 Å². The molecule has 0 aliphatic heterocycles. The van der Waals surface area contributed by atoms with E-state index in [9.17, 15) is 0 Å². The number of para-hydroxylation sites is 1. The summed E-state index contributed by atoms with van der Waals surface area (Å²) >= 11 is 0. The van der Waals surface area contributed by atoms with Crippen molar-refractivity contribution in [3.8, 4) is 33.8 Å². The lowest BCUT2D eigenvalue weighted by atomic mass is 9.78. The van der Waals surface area contributed by atoms with Crippen molar-refractivity contribution in [1.82, 2.24) is 0 Å². The van der Waals surface area contributed by atoms with Gasteiger partial charge in [-0.3, -0.25) is 14.4 Å². The van der Waals surface area contributed by atoms with Gasteiger partial charge in [0.15, 0.2) is 23.1 Å². The van der Waals surface area contributed by atoms with E-state index in [-0.39, 0.29) is 39.8 Å². The molecule has 7 rings (SSSR count). The second-order valence-corrected chi connectivity index (χ2v) is 11.4. The van der Waals surface area contributed by atoms with Crippen LogP contribution in [0.25, 0.3) is 22.3 Å². The van der Waals surface area contributed by atoms with Crippen LogP contribution in [0.3, 0.4) is 0 Å². The highest BCUT2D eigenvalue weighted by Crippen LogP contribution is 2.48. The molecule has 0 aromatic heterocycles. The number of ether oxygens (including phenoxy) is 1. The van der Waals surface area contributed by atoms with Gasteiger partial charge in [-0.15, -0.1) is 0 Å². The van der Waals surface area contributed by atoms with Gasteiger partial charge in [0.05, 0.1) is 11.1 Å². The molecule has 0 atom stereocenters. The van der Waals surface area contributed by atoms with Gasteiger partial charge >= 0.3 is 0 Å². The normalized spacial score (nSPS) is 10.7. The lowest BCUT2D eigenvalue weighted by Gasteiger charge is -2.26. The Morgan fingerprint density at radius 2 is 0.612 bits per heavy atom. The first-order valence-corrected chi connectivity index (χ1v) is 16.0. The van der Waals surface area contributed by atoms with Crippen LogP contribution >= 0.6 is 0 Å². The molecule has 0 radical (unpaired) electrons. The fourth-order valence-electron chi connectivity index (χ4n) is 6.08. The molecule has 49 heavy (non-hydrogen) atoms. The maximum absolute atomic E-state index is 15.1. The summed E-state index contributed by atoms with van der Waals surface area (Å²) in [6, 6.07) is 54.5. The zero-order valence-electron chi connectivity index (χ0n) is 26.5.